The molecule has 1 amide bonds. The van der Waals surface area contributed by atoms with Crippen molar-refractivity contribution in [3.05, 3.63) is 51.9 Å². The highest BCUT2D eigenvalue weighted by Crippen LogP contribution is 2.25. The van der Waals surface area contributed by atoms with Crippen LogP contribution in [0.25, 0.3) is 0 Å². The van der Waals surface area contributed by atoms with Crippen molar-refractivity contribution < 1.29 is 9.53 Å². The summed E-state index contributed by atoms with van der Waals surface area (Å²) in [6.07, 6.45) is 1.59. The molecular weight excluding hydrogens is 326 g/mol. The number of rotatable bonds is 4. The van der Waals surface area contributed by atoms with Gasteiger partial charge in [0.05, 0.1) is 13.0 Å². The number of nitrogens with zero attached hydrogens (tertiary/aromatic N) is 2. The lowest BCUT2D eigenvalue weighted by atomic mass is 10.1. The number of benzene rings is 1. The van der Waals surface area contributed by atoms with Crippen molar-refractivity contribution in [3.63, 3.8) is 0 Å². The summed E-state index contributed by atoms with van der Waals surface area (Å²) in [6, 6.07) is 7.58. The second-order valence-electron chi connectivity index (χ2n) is 5.68. The number of nitrogens with one attached hydrogen (secondary N) is 1. The van der Waals surface area contributed by atoms with Gasteiger partial charge in [-0.25, -0.2) is 4.98 Å². The quantitative estimate of drug-likeness (QED) is 0.852. The summed E-state index contributed by atoms with van der Waals surface area (Å²) in [5.74, 6) is 1.05. The van der Waals surface area contributed by atoms with Gasteiger partial charge in [0.2, 0.25) is 5.91 Å². The lowest BCUT2D eigenvalue weighted by Crippen LogP contribution is -2.40. The highest BCUT2D eigenvalue weighted by Gasteiger charge is 2.26. The number of aromatic nitrogens is 2. The zero-order chi connectivity index (χ0) is 17.1. The number of hydrogen-bond donors (Lipinski definition) is 1. The molecule has 6 nitrogen and oxygen atoms in total. The zero-order valence-corrected chi connectivity index (χ0v) is 14.4. The number of hydrogen-bond acceptors (Lipinski definition) is 5. The van der Waals surface area contributed by atoms with Crippen molar-refractivity contribution in [1.82, 2.24) is 14.9 Å². The van der Waals surface area contributed by atoms with Crippen molar-refractivity contribution in [2.45, 2.75) is 25.2 Å². The fourth-order valence-electron chi connectivity index (χ4n) is 2.64. The number of fused-ring (bicyclic) bond motifs is 1. The first-order chi connectivity index (χ1) is 11.6. The van der Waals surface area contributed by atoms with Crippen LogP contribution < -0.4 is 15.6 Å². The Bertz CT molecular complexity index is 819. The number of amides is 1. The van der Waals surface area contributed by atoms with E-state index in [0.29, 0.717) is 29.6 Å². The predicted octanol–water partition coefficient (Wildman–Crippen LogP) is 1.60. The summed E-state index contributed by atoms with van der Waals surface area (Å²) in [5.41, 5.74) is 1.44. The monoisotopic (exact) mass is 345 g/mol. The van der Waals surface area contributed by atoms with Crippen LogP contribution in [0.3, 0.4) is 0 Å². The van der Waals surface area contributed by atoms with Gasteiger partial charge in [-0.3, -0.25) is 14.2 Å². The molecule has 0 bridgehead atoms. The molecule has 1 aliphatic rings. The minimum absolute atomic E-state index is 0.0625. The summed E-state index contributed by atoms with van der Waals surface area (Å²) >= 11 is 1.44. The molecule has 0 saturated carbocycles. The minimum atomic E-state index is -0.251. The highest BCUT2D eigenvalue weighted by atomic mass is 32.2. The van der Waals surface area contributed by atoms with E-state index in [2.05, 4.69) is 10.3 Å². The molecule has 7 heteroatoms. The number of carbonyl (C=O) groups is 1. The number of aryl methyl sites for hydroxylation is 1. The average molecular weight is 345 g/mol. The maximum atomic E-state index is 12.5. The molecule has 1 N–H and O–H groups in total. The van der Waals surface area contributed by atoms with Gasteiger partial charge >= 0.3 is 0 Å². The smallest absolute Gasteiger partial charge is 0.257 e. The zero-order valence-electron chi connectivity index (χ0n) is 13.6. The van der Waals surface area contributed by atoms with Gasteiger partial charge in [0, 0.05) is 36.2 Å². The Labute approximate surface area is 144 Å². The predicted molar refractivity (Wildman–Crippen MR) is 92.3 cm³/mol. The fraction of sp³-hybridized carbons (Fsp3) is 0.353. The second kappa shape index (κ2) is 7.09. The standard InChI is InChI=1S/C17H19N3O3S/c1-11-7-19-17-20(16(11)22)9-13(10-24-17)15(21)18-8-12-5-3-4-6-14(12)23-2/h3-7,13H,8-10H2,1-2H3,(H,18,21)/t13-/m1/s1. The lowest BCUT2D eigenvalue weighted by molar-refractivity contribution is -0.125. The average Bonchev–Trinajstić information content (AvgIpc) is 2.62. The van der Waals surface area contributed by atoms with Gasteiger partial charge in [-0.15, -0.1) is 0 Å². The minimum Gasteiger partial charge on any atom is -0.496 e. The van der Waals surface area contributed by atoms with E-state index in [-0.39, 0.29) is 17.4 Å². The Balaban J connectivity index is 1.68. The summed E-state index contributed by atoms with van der Waals surface area (Å²) in [7, 11) is 1.61. The van der Waals surface area contributed by atoms with Gasteiger partial charge in [0.25, 0.3) is 5.56 Å². The molecule has 0 spiro atoms. The van der Waals surface area contributed by atoms with Crippen molar-refractivity contribution >= 4 is 17.7 Å². The third-order valence-electron chi connectivity index (χ3n) is 4.01. The molecular formula is C17H19N3O3S. The molecule has 2 heterocycles. The molecule has 0 fully saturated rings. The van der Waals surface area contributed by atoms with Crippen LogP contribution in [0.1, 0.15) is 11.1 Å². The molecule has 0 radical (unpaired) electrons. The van der Waals surface area contributed by atoms with Crippen LogP contribution in [0.5, 0.6) is 5.75 Å². The number of methoxy groups -OCH3 is 1. The summed E-state index contributed by atoms with van der Waals surface area (Å²) in [5, 5.41) is 3.62. The van der Waals surface area contributed by atoms with Crippen molar-refractivity contribution in [2.24, 2.45) is 5.92 Å². The number of ether oxygens (including phenoxy) is 1. The van der Waals surface area contributed by atoms with Crippen molar-refractivity contribution in [2.75, 3.05) is 12.9 Å². The van der Waals surface area contributed by atoms with E-state index in [9.17, 15) is 9.59 Å². The Morgan fingerprint density at radius 1 is 1.46 bits per heavy atom. The molecule has 2 aromatic rings. The van der Waals surface area contributed by atoms with E-state index in [1.807, 2.05) is 24.3 Å². The first-order valence-corrected chi connectivity index (χ1v) is 8.67. The summed E-state index contributed by atoms with van der Waals surface area (Å²) in [6.45, 7) is 2.50. The molecule has 1 aromatic carbocycles. The van der Waals surface area contributed by atoms with Crippen LogP contribution in [0, 0.1) is 12.8 Å². The molecule has 126 valence electrons. The van der Waals surface area contributed by atoms with Crippen molar-refractivity contribution in [3.8, 4) is 5.75 Å². The van der Waals surface area contributed by atoms with Crippen LogP contribution in [0.2, 0.25) is 0 Å². The topological polar surface area (TPSA) is 73.2 Å². The SMILES string of the molecule is COc1ccccc1CNC(=O)[C@H]1CSc2ncc(C)c(=O)n2C1. The molecule has 3 rings (SSSR count). The first-order valence-electron chi connectivity index (χ1n) is 7.69. The molecule has 1 atom stereocenters. The number of thioether (sulfide) groups is 1. The van der Waals surface area contributed by atoms with E-state index >= 15 is 0 Å². The van der Waals surface area contributed by atoms with E-state index in [1.165, 1.54) is 11.8 Å². The van der Waals surface area contributed by atoms with Gasteiger partial charge in [0.1, 0.15) is 5.75 Å². The van der Waals surface area contributed by atoms with Crippen LogP contribution in [0.15, 0.2) is 40.4 Å². The Morgan fingerprint density at radius 2 is 2.25 bits per heavy atom. The van der Waals surface area contributed by atoms with Gasteiger partial charge in [0.15, 0.2) is 5.16 Å². The van der Waals surface area contributed by atoms with Gasteiger partial charge < -0.3 is 10.1 Å². The molecule has 1 aromatic heterocycles. The Morgan fingerprint density at radius 3 is 3.04 bits per heavy atom. The van der Waals surface area contributed by atoms with Gasteiger partial charge in [-0.2, -0.15) is 0 Å². The molecule has 24 heavy (non-hydrogen) atoms. The maximum Gasteiger partial charge on any atom is 0.257 e. The Hall–Kier alpha value is -2.28. The van der Waals surface area contributed by atoms with Crippen LogP contribution in [0.4, 0.5) is 0 Å². The fourth-order valence-corrected chi connectivity index (χ4v) is 3.68. The van der Waals surface area contributed by atoms with Crippen LogP contribution >= 0.6 is 11.8 Å². The van der Waals surface area contributed by atoms with E-state index in [4.69, 9.17) is 4.74 Å². The Kier molecular flexibility index (Phi) is 4.89. The van der Waals surface area contributed by atoms with E-state index < -0.39 is 0 Å². The largest absolute Gasteiger partial charge is 0.496 e. The summed E-state index contributed by atoms with van der Waals surface area (Å²) in [4.78, 5) is 28.9. The molecule has 0 aliphatic carbocycles. The van der Waals surface area contributed by atoms with Crippen LogP contribution in [-0.2, 0) is 17.9 Å². The highest BCUT2D eigenvalue weighted by molar-refractivity contribution is 7.99. The van der Waals surface area contributed by atoms with Crippen molar-refractivity contribution in [1.29, 1.82) is 0 Å². The van der Waals surface area contributed by atoms with E-state index in [0.717, 1.165) is 11.3 Å². The third-order valence-corrected chi connectivity index (χ3v) is 5.17. The van der Waals surface area contributed by atoms with Crippen LogP contribution in [-0.4, -0.2) is 28.3 Å². The molecule has 1 aliphatic heterocycles. The molecule has 0 saturated heterocycles. The van der Waals surface area contributed by atoms with Gasteiger partial charge in [-0.05, 0) is 13.0 Å². The lowest BCUT2D eigenvalue weighted by Gasteiger charge is -2.24. The summed E-state index contributed by atoms with van der Waals surface area (Å²) < 4.78 is 6.88. The third kappa shape index (κ3) is 3.31. The number of para-hydroxylation sites is 1. The molecule has 0 unspecified atom stereocenters. The normalized spacial score (nSPS) is 16.3. The maximum absolute atomic E-state index is 12.5. The number of carbonyl (C=O) groups excluding carboxylic acids is 1. The second-order valence-corrected chi connectivity index (χ2v) is 6.66. The van der Waals surface area contributed by atoms with E-state index in [1.54, 1.807) is 24.8 Å². The van der Waals surface area contributed by atoms with Gasteiger partial charge in [-0.1, -0.05) is 30.0 Å². The first kappa shape index (κ1) is 16.6.